The van der Waals surface area contributed by atoms with Crippen LogP contribution in [-0.4, -0.2) is 30.9 Å². The quantitative estimate of drug-likeness (QED) is 0.846. The molecule has 0 bridgehead atoms. The second-order valence-corrected chi connectivity index (χ2v) is 5.74. The van der Waals surface area contributed by atoms with E-state index >= 15 is 0 Å². The minimum absolute atomic E-state index is 0.000259. The van der Waals surface area contributed by atoms with E-state index in [-0.39, 0.29) is 11.7 Å². The van der Waals surface area contributed by atoms with Gasteiger partial charge in [-0.05, 0) is 32.4 Å². The van der Waals surface area contributed by atoms with Gasteiger partial charge in [0.2, 0.25) is 5.91 Å². The van der Waals surface area contributed by atoms with Gasteiger partial charge in [-0.2, -0.15) is 0 Å². The maximum Gasteiger partial charge on any atom is 0.219 e. The Kier molecular flexibility index (Phi) is 4.50. The second-order valence-electron chi connectivity index (χ2n) is 5.74. The van der Waals surface area contributed by atoms with E-state index in [0.717, 1.165) is 0 Å². The minimum Gasteiger partial charge on any atom is -0.493 e. The lowest BCUT2D eigenvalue weighted by atomic mass is 9.93. The smallest absolute Gasteiger partial charge is 0.219 e. The van der Waals surface area contributed by atoms with E-state index in [2.05, 4.69) is 5.32 Å². The second kappa shape index (κ2) is 6.16. The third kappa shape index (κ3) is 3.97. The van der Waals surface area contributed by atoms with E-state index in [1.807, 2.05) is 13.8 Å². The zero-order valence-corrected chi connectivity index (χ0v) is 12.7. The van der Waals surface area contributed by atoms with Crippen LogP contribution in [0.15, 0.2) is 18.2 Å². The molecular formula is C16H21NO4. The Morgan fingerprint density at radius 1 is 1.43 bits per heavy atom. The average Bonchev–Trinajstić information content (AvgIpc) is 2.41. The van der Waals surface area contributed by atoms with Gasteiger partial charge in [-0.15, -0.1) is 0 Å². The van der Waals surface area contributed by atoms with E-state index in [1.165, 1.54) is 0 Å². The summed E-state index contributed by atoms with van der Waals surface area (Å²) in [7, 11) is 1.61. The number of ketones is 1. The zero-order chi connectivity index (χ0) is 15.5. The molecule has 1 aromatic carbocycles. The standard InChI is InChI=1S/C16H21NO4/c1-16(2)10-13(18)12-7-6-11(9-14(12)21-16)20-8-4-5-15(19)17-3/h6-7,9H,4-5,8,10H2,1-3H3,(H,17,19). The Balaban J connectivity index is 1.98. The molecule has 0 unspecified atom stereocenters. The van der Waals surface area contributed by atoms with Crippen LogP contribution in [0.25, 0.3) is 0 Å². The summed E-state index contributed by atoms with van der Waals surface area (Å²) < 4.78 is 11.4. The largest absolute Gasteiger partial charge is 0.493 e. The lowest BCUT2D eigenvalue weighted by molar-refractivity contribution is -0.120. The normalized spacial score (nSPS) is 15.9. The van der Waals surface area contributed by atoms with Gasteiger partial charge in [0.25, 0.3) is 0 Å². The van der Waals surface area contributed by atoms with E-state index < -0.39 is 5.60 Å². The van der Waals surface area contributed by atoms with Crippen LogP contribution in [0.5, 0.6) is 11.5 Å². The fourth-order valence-corrected chi connectivity index (χ4v) is 2.27. The summed E-state index contributed by atoms with van der Waals surface area (Å²) in [5.74, 6) is 1.31. The van der Waals surface area contributed by atoms with Crippen molar-refractivity contribution in [3.05, 3.63) is 23.8 Å². The van der Waals surface area contributed by atoms with Crippen molar-refractivity contribution in [3.63, 3.8) is 0 Å². The number of Topliss-reactive ketones (excluding diaryl/α,β-unsaturated/α-hetero) is 1. The Bertz CT molecular complexity index is 551. The SMILES string of the molecule is CNC(=O)CCCOc1ccc2c(c1)OC(C)(C)CC2=O. The average molecular weight is 291 g/mol. The first kappa shape index (κ1) is 15.4. The first-order chi connectivity index (χ1) is 9.91. The molecule has 0 spiro atoms. The summed E-state index contributed by atoms with van der Waals surface area (Å²) >= 11 is 0. The third-order valence-electron chi connectivity index (χ3n) is 3.32. The lowest BCUT2D eigenvalue weighted by Gasteiger charge is -2.31. The molecule has 5 heteroatoms. The van der Waals surface area contributed by atoms with Gasteiger partial charge in [0.15, 0.2) is 5.78 Å². The molecule has 2 rings (SSSR count). The van der Waals surface area contributed by atoms with Gasteiger partial charge in [0.1, 0.15) is 17.1 Å². The van der Waals surface area contributed by atoms with Gasteiger partial charge in [-0.1, -0.05) is 0 Å². The maximum atomic E-state index is 12.0. The van der Waals surface area contributed by atoms with Crippen molar-refractivity contribution >= 4 is 11.7 Å². The molecular weight excluding hydrogens is 270 g/mol. The molecule has 0 saturated carbocycles. The third-order valence-corrected chi connectivity index (χ3v) is 3.32. The highest BCUT2D eigenvalue weighted by molar-refractivity contribution is 6.00. The summed E-state index contributed by atoms with van der Waals surface area (Å²) in [6, 6.07) is 5.24. The number of nitrogens with one attached hydrogen (secondary N) is 1. The van der Waals surface area contributed by atoms with Crippen molar-refractivity contribution in [3.8, 4) is 11.5 Å². The molecule has 1 aliphatic heterocycles. The van der Waals surface area contributed by atoms with Crippen LogP contribution in [0.2, 0.25) is 0 Å². The molecule has 0 aliphatic carbocycles. The topological polar surface area (TPSA) is 64.6 Å². The summed E-state index contributed by atoms with van der Waals surface area (Å²) in [6.07, 6.45) is 1.46. The van der Waals surface area contributed by atoms with E-state index in [1.54, 1.807) is 25.2 Å². The lowest BCUT2D eigenvalue weighted by Crippen LogP contribution is -2.35. The van der Waals surface area contributed by atoms with Gasteiger partial charge in [0.05, 0.1) is 18.6 Å². The highest BCUT2D eigenvalue weighted by Crippen LogP contribution is 2.35. The predicted molar refractivity (Wildman–Crippen MR) is 78.9 cm³/mol. The fraction of sp³-hybridized carbons (Fsp3) is 0.500. The monoisotopic (exact) mass is 291 g/mol. The fourth-order valence-electron chi connectivity index (χ4n) is 2.27. The van der Waals surface area contributed by atoms with E-state index in [9.17, 15) is 9.59 Å². The predicted octanol–water partition coefficient (Wildman–Crippen LogP) is 2.34. The molecule has 0 aromatic heterocycles. The number of carbonyl (C=O) groups excluding carboxylic acids is 2. The molecule has 0 atom stereocenters. The molecule has 1 aliphatic rings. The van der Waals surface area contributed by atoms with Gasteiger partial charge in [-0.3, -0.25) is 9.59 Å². The van der Waals surface area contributed by atoms with Gasteiger partial charge in [-0.25, -0.2) is 0 Å². The van der Waals surface area contributed by atoms with Crippen molar-refractivity contribution < 1.29 is 19.1 Å². The number of hydrogen-bond acceptors (Lipinski definition) is 4. The zero-order valence-electron chi connectivity index (χ0n) is 12.7. The first-order valence-electron chi connectivity index (χ1n) is 7.11. The molecule has 1 aromatic rings. The van der Waals surface area contributed by atoms with Crippen molar-refractivity contribution in [1.29, 1.82) is 0 Å². The highest BCUT2D eigenvalue weighted by atomic mass is 16.5. The number of hydrogen-bond donors (Lipinski definition) is 1. The summed E-state index contributed by atoms with van der Waals surface area (Å²) in [5.41, 5.74) is 0.120. The van der Waals surface area contributed by atoms with E-state index in [0.29, 0.717) is 42.9 Å². The van der Waals surface area contributed by atoms with Crippen LogP contribution in [0, 0.1) is 0 Å². The van der Waals surface area contributed by atoms with Crippen LogP contribution in [-0.2, 0) is 4.79 Å². The molecule has 0 saturated heterocycles. The Hall–Kier alpha value is -2.04. The van der Waals surface area contributed by atoms with Gasteiger partial charge >= 0.3 is 0 Å². The van der Waals surface area contributed by atoms with Crippen molar-refractivity contribution in [2.45, 2.75) is 38.7 Å². The Morgan fingerprint density at radius 3 is 2.90 bits per heavy atom. The van der Waals surface area contributed by atoms with Crippen molar-refractivity contribution in [2.24, 2.45) is 0 Å². The summed E-state index contributed by atoms with van der Waals surface area (Å²) in [5, 5.41) is 2.57. The Labute approximate surface area is 124 Å². The van der Waals surface area contributed by atoms with E-state index in [4.69, 9.17) is 9.47 Å². The number of amides is 1. The molecule has 1 heterocycles. The van der Waals surface area contributed by atoms with Crippen LogP contribution in [0.4, 0.5) is 0 Å². The van der Waals surface area contributed by atoms with Crippen LogP contribution in [0.3, 0.4) is 0 Å². The van der Waals surface area contributed by atoms with Gasteiger partial charge in [0, 0.05) is 19.5 Å². The molecule has 0 radical (unpaired) electrons. The number of rotatable bonds is 5. The van der Waals surface area contributed by atoms with Crippen LogP contribution < -0.4 is 14.8 Å². The number of carbonyl (C=O) groups is 2. The minimum atomic E-state index is -0.484. The Morgan fingerprint density at radius 2 is 2.19 bits per heavy atom. The van der Waals surface area contributed by atoms with Crippen LogP contribution in [0.1, 0.15) is 43.5 Å². The van der Waals surface area contributed by atoms with Gasteiger partial charge < -0.3 is 14.8 Å². The summed E-state index contributed by atoms with van der Waals surface area (Å²) in [6.45, 7) is 4.24. The molecule has 1 N–H and O–H groups in total. The molecule has 1 amide bonds. The number of benzene rings is 1. The molecule has 114 valence electrons. The number of ether oxygens (including phenoxy) is 2. The maximum absolute atomic E-state index is 12.0. The first-order valence-corrected chi connectivity index (χ1v) is 7.11. The number of fused-ring (bicyclic) bond motifs is 1. The molecule has 5 nitrogen and oxygen atoms in total. The van der Waals surface area contributed by atoms with Crippen molar-refractivity contribution in [2.75, 3.05) is 13.7 Å². The van der Waals surface area contributed by atoms with Crippen LogP contribution >= 0.6 is 0 Å². The van der Waals surface area contributed by atoms with Crippen molar-refractivity contribution in [1.82, 2.24) is 5.32 Å². The molecule has 21 heavy (non-hydrogen) atoms. The summed E-state index contributed by atoms with van der Waals surface area (Å²) in [4.78, 5) is 23.1. The highest BCUT2D eigenvalue weighted by Gasteiger charge is 2.32. The molecule has 0 fully saturated rings.